The molecule has 6 heteroatoms. The first-order valence-electron chi connectivity index (χ1n) is 7.92. The summed E-state index contributed by atoms with van der Waals surface area (Å²) in [5.74, 6) is -1.68. The average molecular weight is 340 g/mol. The number of rotatable bonds is 4. The number of amides is 3. The molecule has 0 aromatic heterocycles. The highest BCUT2D eigenvalue weighted by Gasteiger charge is 2.30. The van der Waals surface area contributed by atoms with Crippen molar-refractivity contribution >= 4 is 23.4 Å². The fraction of sp³-hybridized carbons (Fsp3) is 0.211. The van der Waals surface area contributed by atoms with Gasteiger partial charge in [0.2, 0.25) is 11.8 Å². The van der Waals surface area contributed by atoms with E-state index in [0.717, 1.165) is 5.56 Å². The molecule has 25 heavy (non-hydrogen) atoms. The van der Waals surface area contributed by atoms with Crippen LogP contribution in [0.5, 0.6) is 0 Å². The van der Waals surface area contributed by atoms with Crippen LogP contribution in [0.2, 0.25) is 0 Å². The highest BCUT2D eigenvalue weighted by atomic mass is 19.1. The van der Waals surface area contributed by atoms with Crippen molar-refractivity contribution in [1.82, 2.24) is 5.32 Å². The molecule has 1 aliphatic rings. The Hall–Kier alpha value is -3.02. The Morgan fingerprint density at radius 2 is 1.92 bits per heavy atom. The van der Waals surface area contributed by atoms with Crippen LogP contribution < -0.4 is 10.6 Å². The van der Waals surface area contributed by atoms with Gasteiger partial charge >= 0.3 is 0 Å². The Kier molecular flexibility index (Phi) is 4.61. The summed E-state index contributed by atoms with van der Waals surface area (Å²) in [7, 11) is 0. The average Bonchev–Trinajstić information content (AvgIpc) is 2.89. The zero-order chi connectivity index (χ0) is 18.0. The summed E-state index contributed by atoms with van der Waals surface area (Å²) in [6.45, 7) is 1.74. The Balaban J connectivity index is 1.66. The van der Waals surface area contributed by atoms with Crippen LogP contribution in [0.15, 0.2) is 42.5 Å². The number of carbonyl (C=O) groups is 3. The highest BCUT2D eigenvalue weighted by Crippen LogP contribution is 2.19. The number of hydrogen-bond donors (Lipinski definition) is 2. The van der Waals surface area contributed by atoms with E-state index in [1.807, 2.05) is 0 Å². The third kappa shape index (κ3) is 3.91. The normalized spacial score (nSPS) is 16.6. The summed E-state index contributed by atoms with van der Waals surface area (Å²) in [5.41, 5.74) is 2.44. The topological polar surface area (TPSA) is 75.3 Å². The third-order valence-electron chi connectivity index (χ3n) is 4.20. The Morgan fingerprint density at radius 1 is 1.20 bits per heavy atom. The van der Waals surface area contributed by atoms with E-state index in [9.17, 15) is 18.8 Å². The number of halogens is 1. The van der Waals surface area contributed by atoms with Gasteiger partial charge in [-0.3, -0.25) is 19.7 Å². The Bertz CT molecular complexity index is 846. The molecule has 0 radical (unpaired) electrons. The highest BCUT2D eigenvalue weighted by molar-refractivity contribution is 6.05. The smallest absolute Gasteiger partial charge is 0.256 e. The van der Waals surface area contributed by atoms with Crippen molar-refractivity contribution in [2.75, 3.05) is 5.32 Å². The second-order valence-corrected chi connectivity index (χ2v) is 6.13. The molecule has 5 nitrogen and oxygen atoms in total. The lowest BCUT2D eigenvalue weighted by Crippen LogP contribution is -2.22. The molecular formula is C19H17FN2O3. The molecule has 2 aromatic carbocycles. The van der Waals surface area contributed by atoms with E-state index in [-0.39, 0.29) is 35.6 Å². The van der Waals surface area contributed by atoms with Gasteiger partial charge in [0, 0.05) is 17.7 Å². The van der Waals surface area contributed by atoms with Crippen LogP contribution in [0, 0.1) is 18.7 Å². The van der Waals surface area contributed by atoms with E-state index in [2.05, 4.69) is 10.6 Å². The lowest BCUT2D eigenvalue weighted by Gasteiger charge is -2.10. The van der Waals surface area contributed by atoms with Gasteiger partial charge in [-0.15, -0.1) is 0 Å². The molecule has 3 amide bonds. The Labute approximate surface area is 144 Å². The van der Waals surface area contributed by atoms with Gasteiger partial charge in [-0.25, -0.2) is 4.39 Å². The molecular weight excluding hydrogens is 323 g/mol. The summed E-state index contributed by atoms with van der Waals surface area (Å²) in [6.07, 6.45) is 0.672. The second-order valence-electron chi connectivity index (χ2n) is 6.13. The fourth-order valence-electron chi connectivity index (χ4n) is 2.82. The predicted molar refractivity (Wildman–Crippen MR) is 90.5 cm³/mol. The lowest BCUT2D eigenvalue weighted by atomic mass is 9.98. The predicted octanol–water partition coefficient (Wildman–Crippen LogP) is 2.59. The van der Waals surface area contributed by atoms with Crippen molar-refractivity contribution in [1.29, 1.82) is 0 Å². The van der Waals surface area contributed by atoms with E-state index in [0.29, 0.717) is 17.7 Å². The quantitative estimate of drug-likeness (QED) is 0.840. The molecule has 1 fully saturated rings. The molecule has 1 saturated heterocycles. The summed E-state index contributed by atoms with van der Waals surface area (Å²) in [4.78, 5) is 35.1. The molecule has 2 N–H and O–H groups in total. The molecule has 1 heterocycles. The van der Waals surface area contributed by atoms with Crippen LogP contribution >= 0.6 is 0 Å². The van der Waals surface area contributed by atoms with Crippen LogP contribution in [0.1, 0.15) is 27.9 Å². The summed E-state index contributed by atoms with van der Waals surface area (Å²) in [5, 5.41) is 5.01. The lowest BCUT2D eigenvalue weighted by molar-refractivity contribution is -0.125. The van der Waals surface area contributed by atoms with Crippen LogP contribution in [0.3, 0.4) is 0 Å². The summed E-state index contributed by atoms with van der Waals surface area (Å²) < 4.78 is 13.3. The van der Waals surface area contributed by atoms with Crippen molar-refractivity contribution in [2.45, 2.75) is 19.8 Å². The van der Waals surface area contributed by atoms with Crippen molar-refractivity contribution < 1.29 is 18.8 Å². The zero-order valence-electron chi connectivity index (χ0n) is 13.6. The maximum Gasteiger partial charge on any atom is 0.256 e. The van der Waals surface area contributed by atoms with Crippen molar-refractivity contribution in [3.63, 3.8) is 0 Å². The molecule has 1 aliphatic heterocycles. The number of aryl methyl sites for hydroxylation is 1. The molecule has 0 saturated carbocycles. The summed E-state index contributed by atoms with van der Waals surface area (Å²) >= 11 is 0. The standard InChI is InChI=1S/C19H17FN2O3/c1-11-2-5-14(20)10-16(11)19(25)21-15-6-3-12(4-7-15)8-13-9-17(23)22-18(13)24/h2-7,10,13H,8-9H2,1H3,(H,21,25)(H,22,23,24)/t13-/m0/s1. The van der Waals surface area contributed by atoms with Crippen LogP contribution in [-0.2, 0) is 16.0 Å². The fourth-order valence-corrected chi connectivity index (χ4v) is 2.82. The minimum absolute atomic E-state index is 0.205. The number of nitrogens with one attached hydrogen (secondary N) is 2. The van der Waals surface area contributed by atoms with E-state index in [4.69, 9.17) is 0 Å². The van der Waals surface area contributed by atoms with Gasteiger partial charge in [0.25, 0.3) is 5.91 Å². The minimum atomic E-state index is -0.463. The van der Waals surface area contributed by atoms with Crippen molar-refractivity contribution in [2.24, 2.45) is 5.92 Å². The molecule has 0 aliphatic carbocycles. The van der Waals surface area contributed by atoms with E-state index < -0.39 is 5.82 Å². The van der Waals surface area contributed by atoms with Crippen molar-refractivity contribution in [3.8, 4) is 0 Å². The maximum atomic E-state index is 13.3. The van der Waals surface area contributed by atoms with Gasteiger partial charge in [-0.2, -0.15) is 0 Å². The van der Waals surface area contributed by atoms with Crippen LogP contribution in [0.4, 0.5) is 10.1 Å². The number of imide groups is 1. The van der Waals surface area contributed by atoms with Crippen LogP contribution in [0.25, 0.3) is 0 Å². The van der Waals surface area contributed by atoms with Gasteiger partial charge in [-0.1, -0.05) is 18.2 Å². The van der Waals surface area contributed by atoms with E-state index in [1.165, 1.54) is 12.1 Å². The first kappa shape index (κ1) is 16.8. The molecule has 2 aromatic rings. The number of carbonyl (C=O) groups excluding carboxylic acids is 3. The third-order valence-corrected chi connectivity index (χ3v) is 4.20. The minimum Gasteiger partial charge on any atom is -0.322 e. The largest absolute Gasteiger partial charge is 0.322 e. The molecule has 0 bridgehead atoms. The van der Waals surface area contributed by atoms with Gasteiger partial charge in [0.15, 0.2) is 0 Å². The summed E-state index contributed by atoms with van der Waals surface area (Å²) in [6, 6.07) is 11.1. The van der Waals surface area contributed by atoms with Gasteiger partial charge < -0.3 is 5.32 Å². The maximum absolute atomic E-state index is 13.3. The molecule has 0 spiro atoms. The van der Waals surface area contributed by atoms with E-state index in [1.54, 1.807) is 37.3 Å². The van der Waals surface area contributed by atoms with Crippen molar-refractivity contribution in [3.05, 3.63) is 65.0 Å². The molecule has 0 unspecified atom stereocenters. The number of hydrogen-bond acceptors (Lipinski definition) is 3. The zero-order valence-corrected chi connectivity index (χ0v) is 13.6. The number of anilines is 1. The van der Waals surface area contributed by atoms with E-state index >= 15 is 0 Å². The van der Waals surface area contributed by atoms with Gasteiger partial charge in [0.05, 0.1) is 5.92 Å². The number of benzene rings is 2. The Morgan fingerprint density at radius 3 is 2.56 bits per heavy atom. The molecule has 128 valence electrons. The second kappa shape index (κ2) is 6.84. The molecule has 1 atom stereocenters. The van der Waals surface area contributed by atoms with Crippen LogP contribution in [-0.4, -0.2) is 17.7 Å². The first-order chi connectivity index (χ1) is 11.9. The van der Waals surface area contributed by atoms with Gasteiger partial charge in [0.1, 0.15) is 5.82 Å². The molecule has 3 rings (SSSR count). The SMILES string of the molecule is Cc1ccc(F)cc1C(=O)Nc1ccc(C[C@H]2CC(=O)NC2=O)cc1. The van der Waals surface area contributed by atoms with Gasteiger partial charge in [-0.05, 0) is 48.7 Å². The first-order valence-corrected chi connectivity index (χ1v) is 7.92. The monoisotopic (exact) mass is 340 g/mol.